The van der Waals surface area contributed by atoms with E-state index in [2.05, 4.69) is 0 Å². The Balaban J connectivity index is 3.02. The number of hydrogen-bond acceptors (Lipinski definition) is 12. The highest BCUT2D eigenvalue weighted by atomic mass is 16.8. The molecule has 0 fully saturated rings. The second-order valence-corrected chi connectivity index (χ2v) is 11.3. The second-order valence-electron chi connectivity index (χ2n) is 11.3. The Kier molecular flexibility index (Phi) is 14.1. The van der Waals surface area contributed by atoms with Crippen LogP contribution >= 0.6 is 0 Å². The van der Waals surface area contributed by atoms with Gasteiger partial charge in [-0.2, -0.15) is 0 Å². The number of esters is 1. The molecule has 0 saturated heterocycles. The molecule has 4 atom stereocenters. The predicted octanol–water partition coefficient (Wildman–Crippen LogP) is 6.24. The summed E-state index contributed by atoms with van der Waals surface area (Å²) in [4.78, 5) is 49.5. The highest BCUT2D eigenvalue weighted by molar-refractivity contribution is 5.76. The van der Waals surface area contributed by atoms with Gasteiger partial charge >= 0.3 is 24.4 Å². The Morgan fingerprint density at radius 3 is 1.74 bits per heavy atom. The van der Waals surface area contributed by atoms with E-state index in [4.69, 9.17) is 38.9 Å². The fourth-order valence-corrected chi connectivity index (χ4v) is 2.89. The second kappa shape index (κ2) is 16.2. The van der Waals surface area contributed by atoms with Crippen LogP contribution in [0.2, 0.25) is 0 Å². The molecular weight excluding hydrogens is 550 g/mol. The van der Waals surface area contributed by atoms with Gasteiger partial charge in [-0.15, -0.1) is 0 Å². The van der Waals surface area contributed by atoms with Crippen molar-refractivity contribution < 1.29 is 52.3 Å². The van der Waals surface area contributed by atoms with E-state index < -0.39 is 53.9 Å². The Morgan fingerprint density at radius 1 is 0.738 bits per heavy atom. The Morgan fingerprint density at radius 2 is 1.24 bits per heavy atom. The molecule has 2 N–H and O–H groups in total. The first-order valence-electron chi connectivity index (χ1n) is 14.2. The summed E-state index contributed by atoms with van der Waals surface area (Å²) in [5.41, 5.74) is 5.00. The van der Waals surface area contributed by atoms with Gasteiger partial charge in [0.05, 0.1) is 0 Å². The lowest BCUT2D eigenvalue weighted by Gasteiger charge is -2.24. The summed E-state index contributed by atoms with van der Waals surface area (Å²) in [7, 11) is 0. The number of hydrogen-bond donors (Lipinski definition) is 1. The number of nitrogens with two attached hydrogens (primary N) is 1. The van der Waals surface area contributed by atoms with Crippen LogP contribution in [0.25, 0.3) is 0 Å². The van der Waals surface area contributed by atoms with Crippen LogP contribution in [0.5, 0.6) is 11.5 Å². The zero-order chi connectivity index (χ0) is 32.3. The van der Waals surface area contributed by atoms with Gasteiger partial charge in [0.25, 0.3) is 0 Å². The normalized spacial score (nSPS) is 14.5. The molecule has 0 aliphatic heterocycles. The van der Waals surface area contributed by atoms with E-state index in [-0.39, 0.29) is 24.0 Å². The van der Waals surface area contributed by atoms with Crippen molar-refractivity contribution in [3.8, 4) is 11.5 Å². The molecule has 0 aliphatic rings. The minimum absolute atomic E-state index is 0.0176. The first-order valence-corrected chi connectivity index (χ1v) is 14.2. The zero-order valence-corrected chi connectivity index (χ0v) is 26.4. The molecule has 1 aromatic rings. The molecule has 0 aromatic heterocycles. The molecular formula is C30H47NO11. The molecule has 12 nitrogen and oxygen atoms in total. The molecule has 0 aliphatic carbocycles. The van der Waals surface area contributed by atoms with E-state index >= 15 is 0 Å². The highest BCUT2D eigenvalue weighted by Crippen LogP contribution is 2.31. The molecule has 0 bridgehead atoms. The monoisotopic (exact) mass is 597 g/mol. The fourth-order valence-electron chi connectivity index (χ4n) is 2.89. The van der Waals surface area contributed by atoms with Crippen LogP contribution in [0.1, 0.15) is 94.1 Å². The standard InChI is InChI=1S/C30H47NO11/c1-11-18(4)36-26(33)38-20(6)19(5)37-25(32)22(31)16-21-14-15-23(39-27(34)41-29(7,8)12-2)24(17-21)40-28(35)42-30(9,10)13-3/h14-15,17-20,22H,11-13,16,31H2,1-10H3/t18?,19-,20-,22-/m0/s1. The number of carbonyl (C=O) groups excluding carboxylic acids is 4. The van der Waals surface area contributed by atoms with E-state index in [0.717, 1.165) is 0 Å². The van der Waals surface area contributed by atoms with Gasteiger partial charge < -0.3 is 38.9 Å². The van der Waals surface area contributed by atoms with E-state index in [9.17, 15) is 19.2 Å². The van der Waals surface area contributed by atoms with Crippen LogP contribution < -0.4 is 15.2 Å². The van der Waals surface area contributed by atoms with Crippen LogP contribution in [0.15, 0.2) is 18.2 Å². The first-order chi connectivity index (χ1) is 19.4. The maximum atomic E-state index is 12.7. The van der Waals surface area contributed by atoms with Crippen molar-refractivity contribution in [2.75, 3.05) is 0 Å². The Labute approximate surface area is 248 Å². The molecule has 0 amide bonds. The number of ether oxygens (including phenoxy) is 7. The summed E-state index contributed by atoms with van der Waals surface area (Å²) in [6, 6.07) is 3.23. The van der Waals surface area contributed by atoms with Crippen molar-refractivity contribution in [3.63, 3.8) is 0 Å². The summed E-state index contributed by atoms with van der Waals surface area (Å²) < 4.78 is 37.0. The van der Waals surface area contributed by atoms with Crippen LogP contribution in [0.4, 0.5) is 14.4 Å². The van der Waals surface area contributed by atoms with Crippen molar-refractivity contribution >= 4 is 24.4 Å². The smallest absolute Gasteiger partial charge is 0.458 e. The number of carbonyl (C=O) groups is 4. The Hall–Kier alpha value is -3.54. The van der Waals surface area contributed by atoms with Gasteiger partial charge in [0.2, 0.25) is 0 Å². The minimum Gasteiger partial charge on any atom is -0.458 e. The molecule has 0 radical (unpaired) electrons. The van der Waals surface area contributed by atoms with Gasteiger partial charge in [0.15, 0.2) is 11.5 Å². The number of rotatable bonds is 14. The van der Waals surface area contributed by atoms with Crippen molar-refractivity contribution in [2.45, 2.75) is 130 Å². The van der Waals surface area contributed by atoms with Crippen LogP contribution in [0, 0.1) is 0 Å². The van der Waals surface area contributed by atoms with Gasteiger partial charge in [-0.3, -0.25) is 4.79 Å². The van der Waals surface area contributed by atoms with Crippen molar-refractivity contribution in [1.82, 2.24) is 0 Å². The summed E-state index contributed by atoms with van der Waals surface area (Å²) in [6.07, 6.45) is -3.08. The minimum atomic E-state index is -1.12. The lowest BCUT2D eigenvalue weighted by atomic mass is 10.1. The molecule has 0 heterocycles. The van der Waals surface area contributed by atoms with E-state index in [1.165, 1.54) is 12.1 Å². The molecule has 238 valence electrons. The predicted molar refractivity (Wildman–Crippen MR) is 153 cm³/mol. The summed E-state index contributed by atoms with van der Waals surface area (Å²) in [5, 5.41) is 0. The maximum absolute atomic E-state index is 12.7. The van der Waals surface area contributed by atoms with E-state index in [0.29, 0.717) is 24.8 Å². The topological polar surface area (TPSA) is 159 Å². The largest absolute Gasteiger partial charge is 0.514 e. The van der Waals surface area contributed by atoms with Crippen molar-refractivity contribution in [1.29, 1.82) is 0 Å². The molecule has 12 heteroatoms. The third-order valence-electron chi connectivity index (χ3n) is 6.69. The quantitative estimate of drug-likeness (QED) is 0.146. The van der Waals surface area contributed by atoms with Gasteiger partial charge in [0.1, 0.15) is 35.6 Å². The van der Waals surface area contributed by atoms with Gasteiger partial charge in [-0.1, -0.05) is 26.8 Å². The molecule has 42 heavy (non-hydrogen) atoms. The van der Waals surface area contributed by atoms with Crippen molar-refractivity contribution in [2.24, 2.45) is 5.73 Å². The summed E-state index contributed by atoms with van der Waals surface area (Å²) >= 11 is 0. The fraction of sp³-hybridized carbons (Fsp3) is 0.667. The van der Waals surface area contributed by atoms with Crippen molar-refractivity contribution in [3.05, 3.63) is 23.8 Å². The zero-order valence-electron chi connectivity index (χ0n) is 26.4. The third kappa shape index (κ3) is 13.0. The molecule has 1 rings (SSSR count). The van der Waals surface area contributed by atoms with E-state index in [1.807, 2.05) is 20.8 Å². The molecule has 1 aromatic carbocycles. The Bertz CT molecular complexity index is 1070. The lowest BCUT2D eigenvalue weighted by molar-refractivity contribution is -0.155. The van der Waals surface area contributed by atoms with Crippen LogP contribution in [-0.4, -0.2) is 60.0 Å². The van der Waals surface area contributed by atoms with E-state index in [1.54, 1.807) is 54.5 Å². The molecule has 1 unspecified atom stereocenters. The average Bonchev–Trinajstić information content (AvgIpc) is 2.89. The molecule has 0 spiro atoms. The number of benzene rings is 1. The highest BCUT2D eigenvalue weighted by Gasteiger charge is 2.28. The van der Waals surface area contributed by atoms with Gasteiger partial charge in [-0.05, 0) is 91.8 Å². The SMILES string of the molecule is CCC(C)OC(=O)O[C@@H](C)[C@H](C)OC(=O)[C@@H](N)Cc1ccc(OC(=O)OC(C)(C)CC)c(OC(=O)OC(C)(C)CC)c1. The van der Waals surface area contributed by atoms with Gasteiger partial charge in [-0.25, -0.2) is 14.4 Å². The molecule has 0 saturated carbocycles. The third-order valence-corrected chi connectivity index (χ3v) is 6.69. The first kappa shape index (κ1) is 36.5. The maximum Gasteiger partial charge on any atom is 0.514 e. The van der Waals surface area contributed by atoms with Crippen LogP contribution in [-0.2, 0) is 34.9 Å². The van der Waals surface area contributed by atoms with Gasteiger partial charge in [0, 0.05) is 0 Å². The summed E-state index contributed by atoms with van der Waals surface area (Å²) in [6.45, 7) is 17.3. The summed E-state index contributed by atoms with van der Waals surface area (Å²) in [5.74, 6) is -0.973. The lowest BCUT2D eigenvalue weighted by Crippen LogP contribution is -2.39. The van der Waals surface area contributed by atoms with Crippen LogP contribution in [0.3, 0.4) is 0 Å². The average molecular weight is 598 g/mol.